The first kappa shape index (κ1) is 25.3. The van der Waals surface area contributed by atoms with Gasteiger partial charge >= 0.3 is 0 Å². The lowest BCUT2D eigenvalue weighted by Gasteiger charge is -2.38. The molecule has 6 nitrogen and oxygen atoms in total. The van der Waals surface area contributed by atoms with Crippen LogP contribution in [0.15, 0.2) is 15.6 Å². The van der Waals surface area contributed by atoms with Crippen molar-refractivity contribution in [3.63, 3.8) is 0 Å². The number of nitriles is 1. The second kappa shape index (κ2) is 10.6. The van der Waals surface area contributed by atoms with E-state index in [0.29, 0.717) is 64.3 Å². The molecule has 1 amide bonds. The fourth-order valence-electron chi connectivity index (χ4n) is 5.64. The molecule has 0 spiro atoms. The summed E-state index contributed by atoms with van der Waals surface area (Å²) in [5.41, 5.74) is 2.58. The first-order valence-electron chi connectivity index (χ1n) is 12.3. The Morgan fingerprint density at radius 2 is 2.19 bits per heavy atom. The highest BCUT2D eigenvalue weighted by molar-refractivity contribution is 9.10. The lowest BCUT2D eigenvalue weighted by Crippen LogP contribution is -2.46. The monoisotopic (exact) mass is 570 g/mol. The summed E-state index contributed by atoms with van der Waals surface area (Å²) in [5.74, 6) is 7.36. The van der Waals surface area contributed by atoms with E-state index in [-0.39, 0.29) is 18.6 Å². The number of aromatic nitrogens is 1. The molecule has 36 heavy (non-hydrogen) atoms. The van der Waals surface area contributed by atoms with E-state index < -0.39 is 5.82 Å². The maximum atomic E-state index is 15.6. The van der Waals surface area contributed by atoms with E-state index in [1.165, 1.54) is 31.0 Å². The number of ether oxygens (including phenoxy) is 1. The minimum absolute atomic E-state index is 0.0665. The van der Waals surface area contributed by atoms with Crippen LogP contribution < -0.4 is 5.32 Å². The third kappa shape index (κ3) is 4.58. The van der Waals surface area contributed by atoms with Crippen molar-refractivity contribution in [1.29, 1.82) is 5.26 Å². The van der Waals surface area contributed by atoms with Crippen molar-refractivity contribution >= 4 is 50.2 Å². The summed E-state index contributed by atoms with van der Waals surface area (Å²) in [5, 5.41) is 14.2. The number of pyridine rings is 1. The number of halogens is 2. The van der Waals surface area contributed by atoms with Crippen LogP contribution in [0.4, 0.5) is 10.1 Å². The van der Waals surface area contributed by atoms with E-state index in [4.69, 9.17) is 15.0 Å². The van der Waals surface area contributed by atoms with E-state index in [0.717, 1.165) is 16.8 Å². The molecule has 1 aromatic heterocycles. The maximum absolute atomic E-state index is 15.6. The molecule has 0 radical (unpaired) electrons. The maximum Gasteiger partial charge on any atom is 0.249 e. The van der Waals surface area contributed by atoms with Crippen LogP contribution in [-0.4, -0.2) is 53.9 Å². The molecule has 4 atom stereocenters. The summed E-state index contributed by atoms with van der Waals surface area (Å²) < 4.78 is 21.2. The van der Waals surface area contributed by atoms with Crippen LogP contribution in [0.3, 0.4) is 0 Å². The van der Waals surface area contributed by atoms with Crippen molar-refractivity contribution in [2.75, 3.05) is 31.3 Å². The summed E-state index contributed by atoms with van der Waals surface area (Å²) >= 11 is 4.83. The molecule has 1 aliphatic heterocycles. The van der Waals surface area contributed by atoms with Gasteiger partial charge in [0.2, 0.25) is 5.91 Å². The SMILES string of the molecule is CSc1nc2c(F)c(Br)c(CCC#N)cc2c(NC2[C@@H]3CC[C@H]2C3)c1C#C[C@@H](C)N1CCOCC1=O. The smallest absolute Gasteiger partial charge is 0.249 e. The van der Waals surface area contributed by atoms with Crippen LogP contribution in [0.2, 0.25) is 0 Å². The molecule has 188 valence electrons. The van der Waals surface area contributed by atoms with Crippen LogP contribution in [-0.2, 0) is 16.0 Å². The number of nitrogens with zero attached hydrogens (tertiary/aromatic N) is 3. The lowest BCUT2D eigenvalue weighted by molar-refractivity contribution is -0.143. The Morgan fingerprint density at radius 3 is 2.86 bits per heavy atom. The molecule has 4 aliphatic rings. The average Bonchev–Trinajstić information content (AvgIpc) is 3.52. The van der Waals surface area contributed by atoms with E-state index in [1.807, 2.05) is 19.2 Å². The van der Waals surface area contributed by atoms with Gasteiger partial charge in [0.15, 0.2) is 5.82 Å². The van der Waals surface area contributed by atoms with Gasteiger partial charge in [-0.2, -0.15) is 5.26 Å². The molecule has 1 unspecified atom stereocenters. The fourth-order valence-corrected chi connectivity index (χ4v) is 6.69. The van der Waals surface area contributed by atoms with Crippen molar-refractivity contribution in [1.82, 2.24) is 9.88 Å². The van der Waals surface area contributed by atoms with Gasteiger partial charge in [0, 0.05) is 24.4 Å². The topological polar surface area (TPSA) is 78.2 Å². The standard InChI is InChI=1S/C27H28BrFN4O2S/c1-15(33-10-11-35-14-21(33)34)5-8-19-25(31-24-17-6-7-18(24)12-17)20-13-16(4-3-9-30)22(28)23(29)26(20)32-27(19)36-2/h13,15,17-18,24H,3-4,6-7,10-12,14H2,1-2H3,(H,31,32)/t15-,17-,18+,24?/m1/s1. The van der Waals surface area contributed by atoms with Crippen molar-refractivity contribution in [2.45, 2.75) is 56.1 Å². The van der Waals surface area contributed by atoms with Crippen molar-refractivity contribution in [3.8, 4) is 17.9 Å². The minimum atomic E-state index is -0.415. The summed E-state index contributed by atoms with van der Waals surface area (Å²) in [6.07, 6.45) is 6.32. The number of morpholine rings is 1. The van der Waals surface area contributed by atoms with E-state index >= 15 is 4.39 Å². The van der Waals surface area contributed by atoms with E-state index in [2.05, 4.69) is 39.2 Å². The Balaban J connectivity index is 1.64. The molecule has 2 heterocycles. The van der Waals surface area contributed by atoms with Gasteiger partial charge in [-0.25, -0.2) is 9.37 Å². The Hall–Kier alpha value is -2.33. The number of hydrogen-bond donors (Lipinski definition) is 1. The van der Waals surface area contributed by atoms with E-state index in [1.54, 1.807) is 4.90 Å². The highest BCUT2D eigenvalue weighted by Crippen LogP contribution is 2.51. The summed E-state index contributed by atoms with van der Waals surface area (Å²) in [7, 11) is 0. The molecule has 1 N–H and O–H groups in total. The Kier molecular flexibility index (Phi) is 7.44. The van der Waals surface area contributed by atoms with Gasteiger partial charge in [-0.05, 0) is 78.3 Å². The van der Waals surface area contributed by atoms with Gasteiger partial charge in [-0.3, -0.25) is 4.79 Å². The van der Waals surface area contributed by atoms with Crippen LogP contribution in [0, 0.1) is 40.8 Å². The van der Waals surface area contributed by atoms with Crippen LogP contribution in [0.5, 0.6) is 0 Å². The van der Waals surface area contributed by atoms with E-state index in [9.17, 15) is 4.79 Å². The predicted molar refractivity (Wildman–Crippen MR) is 142 cm³/mol. The molecule has 2 aromatic rings. The highest BCUT2D eigenvalue weighted by Gasteiger charge is 2.47. The number of rotatable bonds is 6. The number of carbonyl (C=O) groups is 1. The number of nitrogens with one attached hydrogen (secondary N) is 1. The molecule has 3 saturated carbocycles. The van der Waals surface area contributed by atoms with Gasteiger partial charge in [0.1, 0.15) is 17.1 Å². The zero-order valence-electron chi connectivity index (χ0n) is 20.4. The number of aryl methyl sites for hydroxylation is 1. The first-order chi connectivity index (χ1) is 17.4. The summed E-state index contributed by atoms with van der Waals surface area (Å²) in [6, 6.07) is 4.16. The van der Waals surface area contributed by atoms with Gasteiger partial charge < -0.3 is 15.0 Å². The summed E-state index contributed by atoms with van der Waals surface area (Å²) in [4.78, 5) is 18.7. The molecule has 4 fully saturated rings. The number of benzene rings is 1. The first-order valence-corrected chi connectivity index (χ1v) is 14.4. The van der Waals surface area contributed by atoms with Crippen molar-refractivity contribution < 1.29 is 13.9 Å². The molecule has 2 bridgehead atoms. The third-order valence-electron chi connectivity index (χ3n) is 7.64. The number of carbonyl (C=O) groups excluding carboxylic acids is 1. The molecular formula is C27H28BrFN4O2S. The average molecular weight is 572 g/mol. The van der Waals surface area contributed by atoms with Crippen LogP contribution in [0.1, 0.15) is 43.7 Å². The van der Waals surface area contributed by atoms with Gasteiger partial charge in [0.05, 0.1) is 34.4 Å². The second-order valence-electron chi connectivity index (χ2n) is 9.68. The van der Waals surface area contributed by atoms with Gasteiger partial charge in [0.25, 0.3) is 0 Å². The normalized spacial score (nSPS) is 23.6. The zero-order valence-corrected chi connectivity index (χ0v) is 22.8. The quantitative estimate of drug-likeness (QED) is 0.383. The largest absolute Gasteiger partial charge is 0.380 e. The fraction of sp³-hybridized carbons (Fsp3) is 0.519. The minimum Gasteiger partial charge on any atom is -0.380 e. The van der Waals surface area contributed by atoms with Crippen molar-refractivity contribution in [3.05, 3.63) is 27.5 Å². The van der Waals surface area contributed by atoms with Crippen LogP contribution in [0.25, 0.3) is 10.9 Å². The Bertz CT molecular complexity index is 1300. The lowest BCUT2D eigenvalue weighted by atomic mass is 9.78. The van der Waals surface area contributed by atoms with Gasteiger partial charge in [-0.1, -0.05) is 11.8 Å². The predicted octanol–water partition coefficient (Wildman–Crippen LogP) is 5.12. The van der Waals surface area contributed by atoms with Crippen molar-refractivity contribution in [2.24, 2.45) is 11.8 Å². The molecule has 3 aliphatic carbocycles. The summed E-state index contributed by atoms with van der Waals surface area (Å²) in [6.45, 7) is 3.01. The highest BCUT2D eigenvalue weighted by atomic mass is 79.9. The zero-order chi connectivity index (χ0) is 25.4. The molecular weight excluding hydrogens is 543 g/mol. The molecule has 6 rings (SSSR count). The van der Waals surface area contributed by atoms with Crippen LogP contribution >= 0.6 is 27.7 Å². The third-order valence-corrected chi connectivity index (χ3v) is 9.18. The number of hydrogen-bond acceptors (Lipinski definition) is 6. The Morgan fingerprint density at radius 1 is 1.42 bits per heavy atom. The Labute approximate surface area is 223 Å². The second-order valence-corrected chi connectivity index (χ2v) is 11.3. The number of anilines is 1. The number of thioether (sulfide) groups is 1. The molecule has 1 aromatic carbocycles. The van der Waals surface area contributed by atoms with Gasteiger partial charge in [-0.15, -0.1) is 11.8 Å². The number of fused-ring (bicyclic) bond motifs is 2. The molecule has 1 saturated heterocycles. The number of amides is 1. The molecule has 9 heteroatoms.